The Bertz CT molecular complexity index is 274. The summed E-state index contributed by atoms with van der Waals surface area (Å²) in [6.07, 6.45) is 10.2. The lowest BCUT2D eigenvalue weighted by atomic mass is 9.84. The lowest BCUT2D eigenvalue weighted by Gasteiger charge is -2.22. The molecule has 0 unspecified atom stereocenters. The fourth-order valence-corrected chi connectivity index (χ4v) is 2.28. The van der Waals surface area contributed by atoms with Crippen molar-refractivity contribution >= 4 is 5.71 Å². The van der Waals surface area contributed by atoms with Crippen molar-refractivity contribution in [3.8, 4) is 0 Å². The van der Waals surface area contributed by atoms with Gasteiger partial charge in [-0.15, -0.1) is 0 Å². The molecule has 1 aliphatic carbocycles. The lowest BCUT2D eigenvalue weighted by molar-refractivity contribution is 0.199. The van der Waals surface area contributed by atoms with Crippen molar-refractivity contribution in [3.05, 3.63) is 11.8 Å². The topological polar surface area (TPSA) is 21.6 Å². The zero-order valence-electron chi connectivity index (χ0n) is 14.5. The van der Waals surface area contributed by atoms with Crippen LogP contribution in [0.3, 0.4) is 0 Å². The maximum absolute atomic E-state index is 4.69. The smallest absolute Gasteiger partial charge is 0.0459 e. The van der Waals surface area contributed by atoms with Crippen LogP contribution in [0, 0.1) is 11.8 Å². The fraction of sp³-hybridized carbons (Fsp3) is 0.833. The van der Waals surface area contributed by atoms with Gasteiger partial charge in [0.05, 0.1) is 0 Å². The van der Waals surface area contributed by atoms with E-state index in [1.807, 2.05) is 6.92 Å². The van der Waals surface area contributed by atoms with Crippen molar-refractivity contribution in [2.24, 2.45) is 16.8 Å². The standard InChI is InChI=1S/C8H16.C6H9N.C4H10O/c1-7-3-5-8(2)6-4-7;1-3-6-4-5(2)7-6;1-3-4-5-2/h7-8H,3-6H2,1-2H3;4H,3H2,1-2H3;3-4H2,1-2H3. The maximum atomic E-state index is 4.69. The third-order valence-corrected chi connectivity index (χ3v) is 3.77. The molecule has 1 aliphatic heterocycles. The third-order valence-electron chi connectivity index (χ3n) is 3.77. The molecule has 1 heterocycles. The summed E-state index contributed by atoms with van der Waals surface area (Å²) in [5.41, 5.74) is 2.40. The molecule has 2 rings (SSSR count). The molecule has 1 saturated carbocycles. The lowest BCUT2D eigenvalue weighted by Crippen LogP contribution is -2.08. The zero-order chi connectivity index (χ0) is 15.4. The van der Waals surface area contributed by atoms with Gasteiger partial charge in [0.2, 0.25) is 0 Å². The van der Waals surface area contributed by atoms with E-state index in [1.165, 1.54) is 31.4 Å². The summed E-state index contributed by atoms with van der Waals surface area (Å²) in [6.45, 7) is 11.8. The molecule has 0 radical (unpaired) electrons. The second kappa shape index (κ2) is 12.1. The molecule has 0 aromatic rings. The molecule has 0 N–H and O–H groups in total. The molecule has 0 amide bonds. The van der Waals surface area contributed by atoms with Crippen molar-refractivity contribution in [1.29, 1.82) is 0 Å². The molecule has 118 valence electrons. The zero-order valence-corrected chi connectivity index (χ0v) is 14.5. The molecule has 2 aliphatic rings. The Morgan fingerprint density at radius 3 is 1.70 bits per heavy atom. The van der Waals surface area contributed by atoms with E-state index in [0.717, 1.165) is 37.0 Å². The number of ether oxygens (including phenoxy) is 1. The molecule has 0 saturated heterocycles. The summed E-state index contributed by atoms with van der Waals surface area (Å²) >= 11 is 0. The number of aliphatic imine (C=N–C) groups is 1. The van der Waals surface area contributed by atoms with Gasteiger partial charge in [-0.05, 0) is 37.7 Å². The van der Waals surface area contributed by atoms with Gasteiger partial charge in [-0.2, -0.15) is 0 Å². The van der Waals surface area contributed by atoms with Gasteiger partial charge in [0.1, 0.15) is 0 Å². The van der Waals surface area contributed by atoms with Crippen molar-refractivity contribution in [1.82, 2.24) is 0 Å². The van der Waals surface area contributed by atoms with Crippen LogP contribution in [0.5, 0.6) is 0 Å². The van der Waals surface area contributed by atoms with Crippen LogP contribution >= 0.6 is 0 Å². The third kappa shape index (κ3) is 10.2. The van der Waals surface area contributed by atoms with Crippen LogP contribution in [0.15, 0.2) is 16.8 Å². The number of allylic oxidation sites excluding steroid dienone is 2. The van der Waals surface area contributed by atoms with Crippen LogP contribution in [-0.2, 0) is 4.74 Å². The van der Waals surface area contributed by atoms with Gasteiger partial charge in [-0.25, -0.2) is 0 Å². The molecule has 0 aromatic heterocycles. The Labute approximate surface area is 126 Å². The fourth-order valence-electron chi connectivity index (χ4n) is 2.28. The number of hydrogen-bond donors (Lipinski definition) is 0. The quantitative estimate of drug-likeness (QED) is 0.657. The second-order valence-electron chi connectivity index (χ2n) is 6.10. The van der Waals surface area contributed by atoms with E-state index in [9.17, 15) is 0 Å². The monoisotopic (exact) mass is 281 g/mol. The number of hydrogen-bond acceptors (Lipinski definition) is 2. The van der Waals surface area contributed by atoms with Crippen LogP contribution in [-0.4, -0.2) is 19.4 Å². The van der Waals surface area contributed by atoms with Gasteiger partial charge in [-0.3, -0.25) is 4.99 Å². The first-order valence-electron chi connectivity index (χ1n) is 8.28. The van der Waals surface area contributed by atoms with E-state index >= 15 is 0 Å². The van der Waals surface area contributed by atoms with Gasteiger partial charge < -0.3 is 4.74 Å². The van der Waals surface area contributed by atoms with Crippen LogP contribution < -0.4 is 0 Å². The molecule has 20 heavy (non-hydrogen) atoms. The first-order valence-corrected chi connectivity index (χ1v) is 8.28. The summed E-state index contributed by atoms with van der Waals surface area (Å²) in [6, 6.07) is 0. The Kier molecular flexibility index (Phi) is 11.8. The van der Waals surface area contributed by atoms with Crippen molar-refractivity contribution in [2.75, 3.05) is 13.7 Å². The number of methoxy groups -OCH3 is 1. The predicted molar refractivity (Wildman–Crippen MR) is 90.4 cm³/mol. The van der Waals surface area contributed by atoms with Crippen molar-refractivity contribution < 1.29 is 4.74 Å². The minimum absolute atomic E-state index is 0.889. The first kappa shape index (κ1) is 19.4. The van der Waals surface area contributed by atoms with Crippen molar-refractivity contribution in [3.63, 3.8) is 0 Å². The van der Waals surface area contributed by atoms with E-state index in [-0.39, 0.29) is 0 Å². The minimum atomic E-state index is 0.889. The number of rotatable bonds is 3. The van der Waals surface area contributed by atoms with E-state index in [4.69, 9.17) is 4.74 Å². The van der Waals surface area contributed by atoms with E-state index < -0.39 is 0 Å². The normalized spacial score (nSPS) is 24.1. The van der Waals surface area contributed by atoms with E-state index in [2.05, 4.69) is 38.8 Å². The van der Waals surface area contributed by atoms with E-state index in [0.29, 0.717) is 0 Å². The largest absolute Gasteiger partial charge is 0.385 e. The minimum Gasteiger partial charge on any atom is -0.385 e. The summed E-state index contributed by atoms with van der Waals surface area (Å²) in [7, 11) is 1.71. The summed E-state index contributed by atoms with van der Waals surface area (Å²) in [5, 5.41) is 0. The highest BCUT2D eigenvalue weighted by Crippen LogP contribution is 2.27. The Balaban J connectivity index is 0.000000280. The average molecular weight is 281 g/mol. The Morgan fingerprint density at radius 1 is 1.10 bits per heavy atom. The SMILES string of the molecule is CC1CCC(C)CC1.CCC1=CC(C)=N1.CCCOC. The van der Waals surface area contributed by atoms with Gasteiger partial charge in [-0.1, -0.05) is 53.4 Å². The van der Waals surface area contributed by atoms with E-state index in [1.54, 1.807) is 7.11 Å². The van der Waals surface area contributed by atoms with Gasteiger partial charge in [0.15, 0.2) is 0 Å². The van der Waals surface area contributed by atoms with Crippen molar-refractivity contribution in [2.45, 2.75) is 73.1 Å². The molecule has 1 fully saturated rings. The molecule has 0 spiro atoms. The van der Waals surface area contributed by atoms with Crippen LogP contribution in [0.25, 0.3) is 0 Å². The maximum Gasteiger partial charge on any atom is 0.0459 e. The van der Waals surface area contributed by atoms with Gasteiger partial charge in [0, 0.05) is 25.1 Å². The summed E-state index contributed by atoms with van der Waals surface area (Å²) in [5.74, 6) is 2.04. The molecule has 0 atom stereocenters. The number of nitrogens with zero attached hydrogens (tertiary/aromatic N) is 1. The van der Waals surface area contributed by atoms with Crippen LogP contribution in [0.1, 0.15) is 73.1 Å². The molecular formula is C18H35NO. The predicted octanol–water partition coefficient (Wildman–Crippen LogP) is 5.63. The molecular weight excluding hydrogens is 246 g/mol. The van der Waals surface area contributed by atoms with Gasteiger partial charge >= 0.3 is 0 Å². The molecule has 0 aromatic carbocycles. The average Bonchev–Trinajstić information content (AvgIpc) is 2.41. The highest BCUT2D eigenvalue weighted by molar-refractivity contribution is 5.98. The molecule has 0 bridgehead atoms. The molecule has 2 nitrogen and oxygen atoms in total. The summed E-state index contributed by atoms with van der Waals surface area (Å²) < 4.78 is 4.69. The second-order valence-corrected chi connectivity index (χ2v) is 6.10. The van der Waals surface area contributed by atoms with Gasteiger partial charge in [0.25, 0.3) is 0 Å². The Morgan fingerprint density at radius 2 is 1.55 bits per heavy atom. The Hall–Kier alpha value is -0.630. The highest BCUT2D eigenvalue weighted by atomic mass is 16.5. The molecule has 2 heteroatoms. The highest BCUT2D eigenvalue weighted by Gasteiger charge is 2.13. The van der Waals surface area contributed by atoms with Crippen LogP contribution in [0.4, 0.5) is 0 Å². The van der Waals surface area contributed by atoms with Crippen LogP contribution in [0.2, 0.25) is 0 Å². The first-order chi connectivity index (χ1) is 9.53. The summed E-state index contributed by atoms with van der Waals surface area (Å²) in [4.78, 5) is 4.12.